The second-order valence-electron chi connectivity index (χ2n) is 6.46. The molecule has 1 aromatic carbocycles. The second-order valence-corrected chi connectivity index (χ2v) is 6.46. The van der Waals surface area contributed by atoms with Crippen molar-refractivity contribution in [2.24, 2.45) is 11.1 Å². The van der Waals surface area contributed by atoms with E-state index < -0.39 is 0 Å². The molecule has 2 heteroatoms. The zero-order valence-electron chi connectivity index (χ0n) is 12.7. The Hall–Kier alpha value is -1.02. The fraction of sp³-hybridized carbons (Fsp3) is 0.647. The van der Waals surface area contributed by atoms with E-state index in [0.29, 0.717) is 5.41 Å². The van der Waals surface area contributed by atoms with Crippen LogP contribution < -0.4 is 10.6 Å². The number of para-hydroxylation sites is 1. The average Bonchev–Trinajstić information content (AvgIpc) is 2.40. The first kappa shape index (κ1) is 14.4. The molecule has 1 saturated heterocycles. The lowest BCUT2D eigenvalue weighted by Gasteiger charge is -2.40. The first-order valence-electron chi connectivity index (χ1n) is 7.62. The van der Waals surface area contributed by atoms with E-state index in [0.717, 1.165) is 6.42 Å². The molecule has 1 aromatic rings. The van der Waals surface area contributed by atoms with Gasteiger partial charge in [-0.25, -0.2) is 0 Å². The number of benzene rings is 1. The molecule has 1 fully saturated rings. The summed E-state index contributed by atoms with van der Waals surface area (Å²) in [6.07, 6.45) is 4.87. The number of nitrogens with zero attached hydrogens (tertiary/aromatic N) is 1. The highest BCUT2D eigenvalue weighted by Crippen LogP contribution is 2.36. The van der Waals surface area contributed by atoms with Crippen LogP contribution in [-0.4, -0.2) is 19.1 Å². The van der Waals surface area contributed by atoms with Crippen LogP contribution in [0.25, 0.3) is 0 Å². The van der Waals surface area contributed by atoms with Gasteiger partial charge in [0, 0.05) is 24.8 Å². The molecule has 1 unspecified atom stereocenters. The summed E-state index contributed by atoms with van der Waals surface area (Å²) in [4.78, 5) is 2.55. The minimum absolute atomic E-state index is 0.229. The summed E-state index contributed by atoms with van der Waals surface area (Å²) >= 11 is 0. The van der Waals surface area contributed by atoms with E-state index in [1.165, 1.54) is 43.6 Å². The molecule has 106 valence electrons. The Labute approximate surface area is 118 Å². The van der Waals surface area contributed by atoms with Crippen LogP contribution >= 0.6 is 0 Å². The van der Waals surface area contributed by atoms with Gasteiger partial charge in [-0.05, 0) is 43.2 Å². The van der Waals surface area contributed by atoms with Crippen molar-refractivity contribution >= 4 is 5.69 Å². The second kappa shape index (κ2) is 5.96. The summed E-state index contributed by atoms with van der Waals surface area (Å²) < 4.78 is 0. The maximum atomic E-state index is 5.97. The molecule has 1 aliphatic heterocycles. The van der Waals surface area contributed by atoms with E-state index in [1.807, 2.05) is 0 Å². The third-order valence-corrected chi connectivity index (χ3v) is 4.70. The fourth-order valence-corrected chi connectivity index (χ4v) is 2.98. The van der Waals surface area contributed by atoms with Crippen molar-refractivity contribution < 1.29 is 0 Å². The molecule has 0 amide bonds. The average molecular weight is 260 g/mol. The zero-order chi connectivity index (χ0) is 13.9. The number of hydrogen-bond donors (Lipinski definition) is 1. The van der Waals surface area contributed by atoms with Crippen molar-refractivity contribution in [2.75, 3.05) is 18.0 Å². The van der Waals surface area contributed by atoms with Gasteiger partial charge in [0.05, 0.1) is 0 Å². The Bertz CT molecular complexity index is 403. The van der Waals surface area contributed by atoms with Gasteiger partial charge < -0.3 is 10.6 Å². The minimum atomic E-state index is 0.229. The third kappa shape index (κ3) is 3.50. The summed E-state index contributed by atoms with van der Waals surface area (Å²) in [5.74, 6) is 0. The first-order valence-corrected chi connectivity index (χ1v) is 7.62. The van der Waals surface area contributed by atoms with Crippen molar-refractivity contribution in [3.05, 3.63) is 29.8 Å². The zero-order valence-corrected chi connectivity index (χ0v) is 12.7. The van der Waals surface area contributed by atoms with E-state index in [-0.39, 0.29) is 6.04 Å². The van der Waals surface area contributed by atoms with Gasteiger partial charge in [0.15, 0.2) is 0 Å². The van der Waals surface area contributed by atoms with E-state index in [2.05, 4.69) is 49.9 Å². The highest BCUT2D eigenvalue weighted by molar-refractivity contribution is 5.54. The van der Waals surface area contributed by atoms with Gasteiger partial charge in [0.2, 0.25) is 0 Å². The Morgan fingerprint density at radius 1 is 1.26 bits per heavy atom. The van der Waals surface area contributed by atoms with E-state index in [1.54, 1.807) is 0 Å². The Kier molecular flexibility index (Phi) is 4.51. The monoisotopic (exact) mass is 260 g/mol. The van der Waals surface area contributed by atoms with E-state index in [4.69, 9.17) is 5.73 Å². The molecule has 0 spiro atoms. The molecule has 0 bridgehead atoms. The topological polar surface area (TPSA) is 29.3 Å². The molecule has 2 nitrogen and oxygen atoms in total. The van der Waals surface area contributed by atoms with E-state index >= 15 is 0 Å². The lowest BCUT2D eigenvalue weighted by molar-refractivity contribution is 0.238. The number of rotatable bonds is 4. The molecule has 2 N–H and O–H groups in total. The standard InChI is InChI=1S/C17H28N2/c1-4-17(3)9-11-19(12-10-17)16-8-6-5-7-15(16)13-14(2)18/h5-8,14H,4,9-13,18H2,1-3H3. The number of anilines is 1. The Morgan fingerprint density at radius 2 is 1.89 bits per heavy atom. The lowest BCUT2D eigenvalue weighted by Crippen LogP contribution is -2.39. The Balaban J connectivity index is 2.11. The summed E-state index contributed by atoms with van der Waals surface area (Å²) in [6, 6.07) is 8.99. The minimum Gasteiger partial charge on any atom is -0.371 e. The van der Waals surface area contributed by atoms with Crippen LogP contribution in [0.3, 0.4) is 0 Å². The largest absolute Gasteiger partial charge is 0.371 e. The Morgan fingerprint density at radius 3 is 2.47 bits per heavy atom. The van der Waals surface area contributed by atoms with Gasteiger partial charge in [-0.2, -0.15) is 0 Å². The van der Waals surface area contributed by atoms with Gasteiger partial charge in [-0.3, -0.25) is 0 Å². The molecular formula is C17H28N2. The summed E-state index contributed by atoms with van der Waals surface area (Å²) in [5, 5.41) is 0. The van der Waals surface area contributed by atoms with Crippen molar-refractivity contribution in [3.8, 4) is 0 Å². The van der Waals surface area contributed by atoms with Gasteiger partial charge in [0.25, 0.3) is 0 Å². The third-order valence-electron chi connectivity index (χ3n) is 4.70. The van der Waals surface area contributed by atoms with Crippen molar-refractivity contribution in [1.82, 2.24) is 0 Å². The number of hydrogen-bond acceptors (Lipinski definition) is 2. The van der Waals surface area contributed by atoms with Crippen LogP contribution in [0.5, 0.6) is 0 Å². The van der Waals surface area contributed by atoms with Crippen LogP contribution in [0.15, 0.2) is 24.3 Å². The SMILES string of the molecule is CCC1(C)CCN(c2ccccc2CC(C)N)CC1. The lowest BCUT2D eigenvalue weighted by atomic mass is 9.78. The number of nitrogens with two attached hydrogens (primary N) is 1. The molecule has 0 aliphatic carbocycles. The molecular weight excluding hydrogens is 232 g/mol. The van der Waals surface area contributed by atoms with Crippen LogP contribution in [0.4, 0.5) is 5.69 Å². The highest BCUT2D eigenvalue weighted by atomic mass is 15.1. The maximum absolute atomic E-state index is 5.97. The molecule has 19 heavy (non-hydrogen) atoms. The summed E-state index contributed by atoms with van der Waals surface area (Å²) in [5.41, 5.74) is 9.32. The summed E-state index contributed by atoms with van der Waals surface area (Å²) in [7, 11) is 0. The summed E-state index contributed by atoms with van der Waals surface area (Å²) in [6.45, 7) is 9.19. The predicted molar refractivity (Wildman–Crippen MR) is 83.6 cm³/mol. The first-order chi connectivity index (χ1) is 9.04. The van der Waals surface area contributed by atoms with Gasteiger partial charge in [0.1, 0.15) is 0 Å². The smallest absolute Gasteiger partial charge is 0.0399 e. The van der Waals surface area contributed by atoms with Crippen molar-refractivity contribution in [1.29, 1.82) is 0 Å². The molecule has 0 radical (unpaired) electrons. The van der Waals surface area contributed by atoms with Crippen LogP contribution in [0, 0.1) is 5.41 Å². The van der Waals surface area contributed by atoms with Gasteiger partial charge in [-0.15, -0.1) is 0 Å². The quantitative estimate of drug-likeness (QED) is 0.896. The molecule has 2 rings (SSSR count). The maximum Gasteiger partial charge on any atom is 0.0399 e. The van der Waals surface area contributed by atoms with Crippen molar-refractivity contribution in [2.45, 2.75) is 52.5 Å². The fourth-order valence-electron chi connectivity index (χ4n) is 2.98. The van der Waals surface area contributed by atoms with Gasteiger partial charge in [-0.1, -0.05) is 38.5 Å². The van der Waals surface area contributed by atoms with E-state index in [9.17, 15) is 0 Å². The van der Waals surface area contributed by atoms with Crippen LogP contribution in [0.2, 0.25) is 0 Å². The normalized spacial score (nSPS) is 20.3. The highest BCUT2D eigenvalue weighted by Gasteiger charge is 2.28. The number of piperidine rings is 1. The molecule has 1 aliphatic rings. The predicted octanol–water partition coefficient (Wildman–Crippen LogP) is 3.59. The van der Waals surface area contributed by atoms with Gasteiger partial charge >= 0.3 is 0 Å². The molecule has 0 aromatic heterocycles. The van der Waals surface area contributed by atoms with Crippen LogP contribution in [0.1, 0.15) is 45.6 Å². The molecule has 1 atom stereocenters. The molecule has 0 saturated carbocycles. The molecule has 1 heterocycles. The van der Waals surface area contributed by atoms with Crippen LogP contribution in [-0.2, 0) is 6.42 Å². The van der Waals surface area contributed by atoms with Crippen molar-refractivity contribution in [3.63, 3.8) is 0 Å².